The smallest absolute Gasteiger partial charge is 0.281 e. The molecule has 0 spiro atoms. The fourth-order valence-electron chi connectivity index (χ4n) is 1.59. The summed E-state index contributed by atoms with van der Waals surface area (Å²) < 4.78 is 5.46. The molecule has 0 amide bonds. The zero-order valence-electron chi connectivity index (χ0n) is 10.4. The van der Waals surface area contributed by atoms with Crippen molar-refractivity contribution in [2.45, 2.75) is 0 Å². The molecule has 0 saturated carbocycles. The van der Waals surface area contributed by atoms with Gasteiger partial charge >= 0.3 is 0 Å². The van der Waals surface area contributed by atoms with Gasteiger partial charge in [-0.25, -0.2) is 0 Å². The summed E-state index contributed by atoms with van der Waals surface area (Å²) in [6.07, 6.45) is 1.35. The van der Waals surface area contributed by atoms with Crippen LogP contribution in [0.25, 0.3) is 11.3 Å². The van der Waals surface area contributed by atoms with E-state index >= 15 is 0 Å². The van der Waals surface area contributed by atoms with Crippen LogP contribution >= 0.6 is 23.8 Å². The lowest BCUT2D eigenvalue weighted by Gasteiger charge is -2.00. The second-order valence-electron chi connectivity index (χ2n) is 3.85. The van der Waals surface area contributed by atoms with Crippen LogP contribution in [-0.2, 0) is 0 Å². The van der Waals surface area contributed by atoms with Gasteiger partial charge in [0, 0.05) is 11.1 Å². The molecule has 3 N–H and O–H groups in total. The normalized spacial score (nSPS) is 10.7. The lowest BCUT2D eigenvalue weighted by atomic mass is 10.1. The Bertz CT molecular complexity index is 729. The molecule has 0 unspecified atom stereocenters. The number of benzene rings is 1. The molecule has 0 aliphatic heterocycles. The van der Waals surface area contributed by atoms with Gasteiger partial charge in [0.15, 0.2) is 5.11 Å². The molecular formula is C12H9ClN4O3S. The van der Waals surface area contributed by atoms with Gasteiger partial charge in [-0.15, -0.1) is 0 Å². The summed E-state index contributed by atoms with van der Waals surface area (Å²) in [4.78, 5) is 10.5. The van der Waals surface area contributed by atoms with E-state index in [0.29, 0.717) is 17.1 Å². The molecule has 0 radical (unpaired) electrons. The number of thiocarbonyl (C=S) groups is 1. The first-order chi connectivity index (χ1) is 9.97. The number of hydrazone groups is 1. The zero-order chi connectivity index (χ0) is 15.4. The molecular weight excluding hydrogens is 316 g/mol. The minimum Gasteiger partial charge on any atom is -0.455 e. The molecule has 108 valence electrons. The highest BCUT2D eigenvalue weighted by Gasteiger charge is 2.18. The second-order valence-corrected chi connectivity index (χ2v) is 4.73. The average Bonchev–Trinajstić information content (AvgIpc) is 2.86. The molecule has 2 rings (SSSR count). The van der Waals surface area contributed by atoms with E-state index in [0.717, 1.165) is 0 Å². The third-order valence-electron chi connectivity index (χ3n) is 2.42. The Labute approximate surface area is 129 Å². The van der Waals surface area contributed by atoms with Crippen LogP contribution in [0.3, 0.4) is 0 Å². The topological polar surface area (TPSA) is 107 Å². The Hall–Kier alpha value is -2.45. The van der Waals surface area contributed by atoms with E-state index in [1.54, 1.807) is 18.2 Å². The monoisotopic (exact) mass is 324 g/mol. The number of hydrogen-bond acceptors (Lipinski definition) is 5. The Balaban J connectivity index is 2.31. The standard InChI is InChI=1S/C12H9ClN4O3S/c13-7-1-3-9(10(5-7)17(18)19)11-4-2-8(20-11)6-15-16-12(14)21/h1-6H,(H3,14,16,21)/b15-6-. The summed E-state index contributed by atoms with van der Waals surface area (Å²) in [7, 11) is 0. The van der Waals surface area contributed by atoms with Gasteiger partial charge < -0.3 is 10.2 Å². The van der Waals surface area contributed by atoms with Crippen LogP contribution in [0.1, 0.15) is 5.76 Å². The van der Waals surface area contributed by atoms with Crippen molar-refractivity contribution in [2.75, 3.05) is 0 Å². The predicted octanol–water partition coefficient (Wildman–Crippen LogP) is 2.68. The van der Waals surface area contributed by atoms with E-state index in [2.05, 4.69) is 22.7 Å². The second kappa shape index (κ2) is 6.33. The fraction of sp³-hybridized carbons (Fsp3) is 0. The first-order valence-electron chi connectivity index (χ1n) is 5.60. The Morgan fingerprint density at radius 3 is 2.90 bits per heavy atom. The highest BCUT2D eigenvalue weighted by Crippen LogP contribution is 2.33. The highest BCUT2D eigenvalue weighted by molar-refractivity contribution is 7.80. The highest BCUT2D eigenvalue weighted by atomic mass is 35.5. The summed E-state index contributed by atoms with van der Waals surface area (Å²) in [5.74, 6) is 0.716. The van der Waals surface area contributed by atoms with E-state index in [1.807, 2.05) is 0 Å². The molecule has 1 aromatic carbocycles. The Morgan fingerprint density at radius 1 is 1.48 bits per heavy atom. The van der Waals surface area contributed by atoms with E-state index < -0.39 is 4.92 Å². The molecule has 7 nitrogen and oxygen atoms in total. The number of furan rings is 1. The molecule has 0 saturated heterocycles. The quantitative estimate of drug-likeness (QED) is 0.387. The minimum absolute atomic E-state index is 0.0198. The van der Waals surface area contributed by atoms with Crippen LogP contribution in [0.15, 0.2) is 39.9 Å². The van der Waals surface area contributed by atoms with Crippen LogP contribution in [-0.4, -0.2) is 16.3 Å². The molecule has 0 aliphatic rings. The predicted molar refractivity (Wildman–Crippen MR) is 83.3 cm³/mol. The van der Waals surface area contributed by atoms with Crippen LogP contribution < -0.4 is 11.2 Å². The summed E-state index contributed by atoms with van der Waals surface area (Å²) in [6.45, 7) is 0. The Morgan fingerprint density at radius 2 is 2.24 bits per heavy atom. The van der Waals surface area contributed by atoms with Crippen LogP contribution in [0.5, 0.6) is 0 Å². The van der Waals surface area contributed by atoms with Crippen molar-refractivity contribution in [3.63, 3.8) is 0 Å². The lowest BCUT2D eigenvalue weighted by molar-refractivity contribution is -0.384. The number of hydrogen-bond donors (Lipinski definition) is 2. The van der Waals surface area contributed by atoms with Gasteiger partial charge in [0.05, 0.1) is 16.7 Å². The van der Waals surface area contributed by atoms with Crippen LogP contribution in [0.4, 0.5) is 5.69 Å². The third-order valence-corrected chi connectivity index (χ3v) is 2.74. The number of rotatable bonds is 4. The molecule has 1 heterocycles. The van der Waals surface area contributed by atoms with Gasteiger partial charge in [0.1, 0.15) is 11.5 Å². The maximum Gasteiger partial charge on any atom is 0.281 e. The van der Waals surface area contributed by atoms with Crippen molar-refractivity contribution >= 4 is 40.8 Å². The number of nitro benzene ring substituents is 1. The molecule has 0 fully saturated rings. The number of nitrogens with one attached hydrogen (secondary N) is 1. The molecule has 0 aliphatic carbocycles. The van der Waals surface area contributed by atoms with Gasteiger partial charge in [0.2, 0.25) is 0 Å². The van der Waals surface area contributed by atoms with E-state index in [4.69, 9.17) is 21.8 Å². The van der Waals surface area contributed by atoms with E-state index in [1.165, 1.54) is 18.3 Å². The third kappa shape index (κ3) is 3.77. The van der Waals surface area contributed by atoms with Crippen molar-refractivity contribution in [1.82, 2.24) is 5.43 Å². The lowest BCUT2D eigenvalue weighted by Crippen LogP contribution is -2.23. The van der Waals surface area contributed by atoms with Gasteiger partial charge in [0.25, 0.3) is 5.69 Å². The van der Waals surface area contributed by atoms with Crippen LogP contribution in [0.2, 0.25) is 5.02 Å². The zero-order valence-corrected chi connectivity index (χ0v) is 12.0. The molecule has 1 aromatic heterocycles. The average molecular weight is 325 g/mol. The van der Waals surface area contributed by atoms with Crippen molar-refractivity contribution in [2.24, 2.45) is 10.8 Å². The first-order valence-corrected chi connectivity index (χ1v) is 6.38. The van der Waals surface area contributed by atoms with Crippen molar-refractivity contribution in [1.29, 1.82) is 0 Å². The van der Waals surface area contributed by atoms with Gasteiger partial charge in [-0.05, 0) is 36.5 Å². The van der Waals surface area contributed by atoms with E-state index in [-0.39, 0.29) is 15.8 Å². The molecule has 0 bridgehead atoms. The summed E-state index contributed by atoms with van der Waals surface area (Å²) in [5.41, 5.74) is 7.77. The Kier molecular flexibility index (Phi) is 4.51. The number of nitrogens with two attached hydrogens (primary N) is 1. The van der Waals surface area contributed by atoms with Crippen LogP contribution in [0, 0.1) is 10.1 Å². The largest absolute Gasteiger partial charge is 0.455 e. The molecule has 21 heavy (non-hydrogen) atoms. The fourth-order valence-corrected chi connectivity index (χ4v) is 1.81. The number of nitrogens with zero attached hydrogens (tertiary/aromatic N) is 2. The van der Waals surface area contributed by atoms with Gasteiger partial charge in [-0.2, -0.15) is 5.10 Å². The van der Waals surface area contributed by atoms with Gasteiger partial charge in [-0.1, -0.05) is 11.6 Å². The molecule has 2 aromatic rings. The van der Waals surface area contributed by atoms with Gasteiger partial charge in [-0.3, -0.25) is 15.5 Å². The minimum atomic E-state index is -0.522. The van der Waals surface area contributed by atoms with Crippen molar-refractivity contribution in [3.05, 3.63) is 51.2 Å². The number of halogens is 1. The van der Waals surface area contributed by atoms with Crippen molar-refractivity contribution in [3.8, 4) is 11.3 Å². The number of nitro groups is 1. The van der Waals surface area contributed by atoms with E-state index in [9.17, 15) is 10.1 Å². The molecule has 9 heteroatoms. The first kappa shape index (κ1) is 14.9. The summed E-state index contributed by atoms with van der Waals surface area (Å²) in [5, 5.41) is 15.1. The molecule has 0 atom stereocenters. The summed E-state index contributed by atoms with van der Waals surface area (Å²) >= 11 is 10.3. The SMILES string of the molecule is NC(=S)N/N=C\c1ccc(-c2ccc(Cl)cc2[N+](=O)[O-])o1. The summed E-state index contributed by atoms with van der Waals surface area (Å²) in [6, 6.07) is 7.54. The maximum atomic E-state index is 11.0. The maximum absolute atomic E-state index is 11.0. The van der Waals surface area contributed by atoms with Crippen molar-refractivity contribution < 1.29 is 9.34 Å².